The zero-order chi connectivity index (χ0) is 11.1. The van der Waals surface area contributed by atoms with Gasteiger partial charge in [-0.2, -0.15) is 0 Å². The molecule has 15 heavy (non-hydrogen) atoms. The molecule has 1 aliphatic rings. The summed E-state index contributed by atoms with van der Waals surface area (Å²) in [5.74, 6) is -0.642. The van der Waals surface area contributed by atoms with E-state index in [9.17, 15) is 9.59 Å². The van der Waals surface area contributed by atoms with Gasteiger partial charge in [0.1, 0.15) is 0 Å². The Kier molecular flexibility index (Phi) is 4.90. The normalized spacial score (nSPS) is 20.6. The van der Waals surface area contributed by atoms with Crippen molar-refractivity contribution in [3.05, 3.63) is 12.2 Å². The molecule has 82 valence electrons. The lowest BCUT2D eigenvalue weighted by molar-refractivity contribution is -0.135. The van der Waals surface area contributed by atoms with Crippen LogP contribution in [0.1, 0.15) is 19.8 Å². The van der Waals surface area contributed by atoms with Gasteiger partial charge >= 0.3 is 7.12 Å². The third-order valence-electron chi connectivity index (χ3n) is 2.06. The minimum atomic E-state index is -0.697. The first kappa shape index (κ1) is 11.8. The van der Waals surface area contributed by atoms with Crippen LogP contribution in [0.25, 0.3) is 0 Å². The maximum atomic E-state index is 11.1. The van der Waals surface area contributed by atoms with Crippen molar-refractivity contribution in [3.8, 4) is 0 Å². The van der Waals surface area contributed by atoms with Crippen molar-refractivity contribution in [2.75, 3.05) is 6.61 Å². The number of rotatable bonds is 4. The van der Waals surface area contributed by atoms with Crippen molar-refractivity contribution in [2.24, 2.45) is 0 Å². The van der Waals surface area contributed by atoms with Crippen LogP contribution in [-0.2, 0) is 18.9 Å². The summed E-state index contributed by atoms with van der Waals surface area (Å²) in [6.07, 6.45) is 5.20. The molecule has 0 aliphatic carbocycles. The Hall–Kier alpha value is -1.30. The Balaban J connectivity index is 2.56. The molecule has 0 spiro atoms. The zero-order valence-corrected chi connectivity index (χ0v) is 8.64. The van der Waals surface area contributed by atoms with E-state index in [0.29, 0.717) is 25.9 Å². The van der Waals surface area contributed by atoms with Crippen LogP contribution in [0.3, 0.4) is 0 Å². The number of carbonyl (C=O) groups excluding carboxylic acids is 2. The van der Waals surface area contributed by atoms with Crippen molar-refractivity contribution in [3.63, 3.8) is 0 Å². The first-order valence-corrected chi connectivity index (χ1v) is 4.93. The number of hydrogen-bond acceptors (Lipinski definition) is 4. The first-order chi connectivity index (χ1) is 7.27. The number of nitrogens with one attached hydrogen (secondary N) is 1. The van der Waals surface area contributed by atoms with E-state index in [2.05, 4.69) is 5.32 Å². The van der Waals surface area contributed by atoms with Crippen molar-refractivity contribution in [2.45, 2.75) is 25.7 Å². The minimum Gasteiger partial charge on any atom is -0.508 e. The third-order valence-corrected chi connectivity index (χ3v) is 2.06. The molecule has 5 nitrogen and oxygen atoms in total. The lowest BCUT2D eigenvalue weighted by Crippen LogP contribution is -2.46. The predicted molar refractivity (Wildman–Crippen MR) is 54.8 cm³/mol. The van der Waals surface area contributed by atoms with E-state index in [0.717, 1.165) is 0 Å². The minimum absolute atomic E-state index is 0.293. The van der Waals surface area contributed by atoms with Crippen LogP contribution in [0, 0.1) is 0 Å². The Morgan fingerprint density at radius 1 is 1.73 bits per heavy atom. The van der Waals surface area contributed by atoms with E-state index in [1.165, 1.54) is 0 Å². The summed E-state index contributed by atoms with van der Waals surface area (Å²) in [6, 6.07) is 0. The number of carbonyl (C=O) groups is 2. The molecule has 0 saturated carbocycles. The first-order valence-electron chi connectivity index (χ1n) is 4.93. The summed E-state index contributed by atoms with van der Waals surface area (Å²) in [7, 11) is -0.697. The quantitative estimate of drug-likeness (QED) is 0.405. The van der Waals surface area contributed by atoms with Gasteiger partial charge in [0, 0.05) is 6.42 Å². The van der Waals surface area contributed by atoms with Crippen LogP contribution in [0.5, 0.6) is 0 Å². The zero-order valence-electron chi connectivity index (χ0n) is 8.64. The van der Waals surface area contributed by atoms with E-state index in [4.69, 9.17) is 9.31 Å². The third kappa shape index (κ3) is 3.75. The largest absolute Gasteiger partial charge is 0.551 e. The lowest BCUT2D eigenvalue weighted by Gasteiger charge is -2.19. The van der Waals surface area contributed by atoms with Crippen LogP contribution in [0.15, 0.2) is 12.2 Å². The van der Waals surface area contributed by atoms with E-state index >= 15 is 0 Å². The van der Waals surface area contributed by atoms with Crippen molar-refractivity contribution < 1.29 is 18.9 Å². The number of hydrogen-bond donors (Lipinski definition) is 1. The molecule has 1 atom stereocenters. The van der Waals surface area contributed by atoms with Gasteiger partial charge in [0.25, 0.3) is 5.97 Å². The molecule has 6 heteroatoms. The highest BCUT2D eigenvalue weighted by Crippen LogP contribution is 2.07. The smallest absolute Gasteiger partial charge is 0.508 e. The second-order valence-electron chi connectivity index (χ2n) is 3.14. The van der Waals surface area contributed by atoms with Gasteiger partial charge < -0.3 is 14.6 Å². The maximum Gasteiger partial charge on any atom is 0.551 e. The maximum absolute atomic E-state index is 11.1. The molecule has 1 amide bonds. The van der Waals surface area contributed by atoms with Crippen LogP contribution in [0.4, 0.5) is 0 Å². The van der Waals surface area contributed by atoms with Gasteiger partial charge in [0.15, 0.2) is 0 Å². The van der Waals surface area contributed by atoms with Gasteiger partial charge in [-0.15, -0.1) is 0 Å². The number of amides is 1. The molecule has 0 fully saturated rings. The predicted octanol–water partition coefficient (Wildman–Crippen LogP) is 0.0581. The Morgan fingerprint density at radius 2 is 2.53 bits per heavy atom. The van der Waals surface area contributed by atoms with Crippen LogP contribution < -0.4 is 5.32 Å². The molecule has 0 aromatic heterocycles. The summed E-state index contributed by atoms with van der Waals surface area (Å²) in [6.45, 7) is 2.10. The molecular weight excluding hydrogens is 197 g/mol. The van der Waals surface area contributed by atoms with Crippen LogP contribution in [0.2, 0.25) is 0 Å². The van der Waals surface area contributed by atoms with E-state index in [1.807, 2.05) is 12.2 Å². The standard InChI is InChI=1S/C9H14BNO4/c1-2-9(13)15-10-8(11-7-12)5-3-4-6-14-10/h3-4,7-8H,2,5-6H2,1H3,(H,11,12). The molecule has 1 aliphatic heterocycles. The highest BCUT2D eigenvalue weighted by Gasteiger charge is 2.33. The van der Waals surface area contributed by atoms with Crippen LogP contribution in [-0.4, -0.2) is 32.0 Å². The Morgan fingerprint density at radius 3 is 3.20 bits per heavy atom. The second kappa shape index (κ2) is 6.24. The fourth-order valence-electron chi connectivity index (χ4n) is 1.25. The topological polar surface area (TPSA) is 64.6 Å². The van der Waals surface area contributed by atoms with Crippen molar-refractivity contribution in [1.29, 1.82) is 0 Å². The molecule has 0 aromatic carbocycles. The molecule has 0 radical (unpaired) electrons. The molecule has 1 rings (SSSR count). The van der Waals surface area contributed by atoms with Gasteiger partial charge in [-0.1, -0.05) is 19.1 Å². The highest BCUT2D eigenvalue weighted by atomic mass is 16.6. The van der Waals surface area contributed by atoms with Gasteiger partial charge in [-0.3, -0.25) is 9.59 Å². The van der Waals surface area contributed by atoms with Gasteiger partial charge in [-0.25, -0.2) is 0 Å². The van der Waals surface area contributed by atoms with Gasteiger partial charge in [-0.05, 0) is 6.42 Å². The molecule has 0 bridgehead atoms. The molecule has 1 unspecified atom stereocenters. The van der Waals surface area contributed by atoms with Crippen molar-refractivity contribution >= 4 is 19.5 Å². The summed E-state index contributed by atoms with van der Waals surface area (Å²) in [5, 5.41) is 2.57. The van der Waals surface area contributed by atoms with E-state index in [1.54, 1.807) is 6.92 Å². The highest BCUT2D eigenvalue weighted by molar-refractivity contribution is 6.49. The van der Waals surface area contributed by atoms with E-state index < -0.39 is 7.12 Å². The molecule has 1 N–H and O–H groups in total. The second-order valence-corrected chi connectivity index (χ2v) is 3.14. The Bertz CT molecular complexity index is 256. The Labute approximate surface area is 89.0 Å². The van der Waals surface area contributed by atoms with E-state index in [-0.39, 0.29) is 11.9 Å². The summed E-state index contributed by atoms with van der Waals surface area (Å²) >= 11 is 0. The lowest BCUT2D eigenvalue weighted by atomic mass is 9.76. The summed E-state index contributed by atoms with van der Waals surface area (Å²) in [4.78, 5) is 21.5. The molecule has 0 aromatic rings. The molecular formula is C9H14BNO4. The monoisotopic (exact) mass is 211 g/mol. The molecule has 0 saturated heterocycles. The average molecular weight is 211 g/mol. The molecule has 1 heterocycles. The van der Waals surface area contributed by atoms with Crippen molar-refractivity contribution in [1.82, 2.24) is 5.32 Å². The summed E-state index contributed by atoms with van der Waals surface area (Å²) < 4.78 is 10.4. The average Bonchev–Trinajstić information content (AvgIpc) is 2.45. The van der Waals surface area contributed by atoms with Gasteiger partial charge in [0.05, 0.1) is 12.5 Å². The fraction of sp³-hybridized carbons (Fsp3) is 0.556. The fourth-order valence-corrected chi connectivity index (χ4v) is 1.25. The van der Waals surface area contributed by atoms with Gasteiger partial charge in [0.2, 0.25) is 6.41 Å². The summed E-state index contributed by atoms with van der Waals surface area (Å²) in [5.41, 5.74) is 0. The van der Waals surface area contributed by atoms with Crippen LogP contribution >= 0.6 is 0 Å². The SMILES string of the molecule is CCC(=O)OB1OCC=CCC1NC=O.